The molecule has 1 saturated heterocycles. The molecule has 1 fully saturated rings. The molecule has 0 spiro atoms. The number of likely N-dealkylation sites (tertiary alicyclic amines) is 1. The summed E-state index contributed by atoms with van der Waals surface area (Å²) in [5, 5.41) is 0. The van der Waals surface area contributed by atoms with Crippen LogP contribution in [0.25, 0.3) is 0 Å². The molecule has 2 N–H and O–H groups in total. The largest absolute Gasteiger partial charge is 0.330 e. The van der Waals surface area contributed by atoms with Gasteiger partial charge in [0.05, 0.1) is 0 Å². The topological polar surface area (TPSA) is 29.3 Å². The van der Waals surface area contributed by atoms with Crippen LogP contribution in [-0.2, 0) is 0 Å². The van der Waals surface area contributed by atoms with E-state index in [2.05, 4.69) is 18.9 Å². The zero-order chi connectivity index (χ0) is 9.68. The third-order valence-corrected chi connectivity index (χ3v) is 3.42. The van der Waals surface area contributed by atoms with Crippen molar-refractivity contribution in [2.75, 3.05) is 26.7 Å². The SMILES string of the molecule is CCC(CN)CC1CCN(C)CC1. The minimum Gasteiger partial charge on any atom is -0.330 e. The molecule has 0 aromatic heterocycles. The van der Waals surface area contributed by atoms with Crippen molar-refractivity contribution in [2.24, 2.45) is 17.6 Å². The molecule has 13 heavy (non-hydrogen) atoms. The van der Waals surface area contributed by atoms with Crippen molar-refractivity contribution in [3.8, 4) is 0 Å². The summed E-state index contributed by atoms with van der Waals surface area (Å²) in [6.07, 6.45) is 5.38. The molecular formula is C11H24N2. The van der Waals surface area contributed by atoms with Gasteiger partial charge in [-0.1, -0.05) is 13.3 Å². The van der Waals surface area contributed by atoms with Gasteiger partial charge in [0.25, 0.3) is 0 Å². The lowest BCUT2D eigenvalue weighted by atomic mass is 9.86. The van der Waals surface area contributed by atoms with Crippen LogP contribution in [0.2, 0.25) is 0 Å². The second-order valence-corrected chi connectivity index (χ2v) is 4.49. The highest BCUT2D eigenvalue weighted by Crippen LogP contribution is 2.24. The van der Waals surface area contributed by atoms with E-state index in [-0.39, 0.29) is 0 Å². The quantitative estimate of drug-likeness (QED) is 0.720. The smallest absolute Gasteiger partial charge is 0.00191 e. The Hall–Kier alpha value is -0.0800. The Morgan fingerprint density at radius 1 is 1.38 bits per heavy atom. The molecule has 2 nitrogen and oxygen atoms in total. The number of hydrogen-bond acceptors (Lipinski definition) is 2. The Kier molecular flexibility index (Phi) is 4.74. The van der Waals surface area contributed by atoms with Gasteiger partial charge >= 0.3 is 0 Å². The molecule has 1 atom stereocenters. The third kappa shape index (κ3) is 3.65. The summed E-state index contributed by atoms with van der Waals surface area (Å²) < 4.78 is 0. The van der Waals surface area contributed by atoms with Gasteiger partial charge in [0.1, 0.15) is 0 Å². The predicted molar refractivity (Wildman–Crippen MR) is 57.7 cm³/mol. The van der Waals surface area contributed by atoms with E-state index in [0.29, 0.717) is 0 Å². The van der Waals surface area contributed by atoms with Crippen LogP contribution < -0.4 is 5.73 Å². The number of piperidine rings is 1. The van der Waals surface area contributed by atoms with Gasteiger partial charge in [0.15, 0.2) is 0 Å². The van der Waals surface area contributed by atoms with E-state index in [9.17, 15) is 0 Å². The maximum absolute atomic E-state index is 5.72. The lowest BCUT2D eigenvalue weighted by Gasteiger charge is -2.30. The Labute approximate surface area is 82.5 Å². The van der Waals surface area contributed by atoms with Crippen LogP contribution in [0.15, 0.2) is 0 Å². The summed E-state index contributed by atoms with van der Waals surface area (Å²) in [6.45, 7) is 5.70. The van der Waals surface area contributed by atoms with Gasteiger partial charge in [-0.3, -0.25) is 0 Å². The van der Waals surface area contributed by atoms with E-state index in [1.54, 1.807) is 0 Å². The van der Waals surface area contributed by atoms with Crippen LogP contribution >= 0.6 is 0 Å². The van der Waals surface area contributed by atoms with Crippen LogP contribution in [0.3, 0.4) is 0 Å². The number of rotatable bonds is 4. The zero-order valence-electron chi connectivity index (χ0n) is 9.13. The second kappa shape index (κ2) is 5.61. The molecule has 1 rings (SSSR count). The summed E-state index contributed by atoms with van der Waals surface area (Å²) in [4.78, 5) is 2.43. The molecule has 0 bridgehead atoms. The van der Waals surface area contributed by atoms with Crippen molar-refractivity contribution in [3.05, 3.63) is 0 Å². The molecule has 0 radical (unpaired) electrons. The first-order valence-electron chi connectivity index (χ1n) is 5.64. The van der Waals surface area contributed by atoms with E-state index < -0.39 is 0 Å². The molecular weight excluding hydrogens is 160 g/mol. The van der Waals surface area contributed by atoms with E-state index in [0.717, 1.165) is 18.4 Å². The molecule has 1 aliphatic heterocycles. The summed E-state index contributed by atoms with van der Waals surface area (Å²) >= 11 is 0. The van der Waals surface area contributed by atoms with Gasteiger partial charge in [0.2, 0.25) is 0 Å². The van der Waals surface area contributed by atoms with Crippen LogP contribution in [0.5, 0.6) is 0 Å². The molecule has 0 amide bonds. The van der Waals surface area contributed by atoms with Gasteiger partial charge in [-0.25, -0.2) is 0 Å². The van der Waals surface area contributed by atoms with Crippen molar-refractivity contribution in [1.82, 2.24) is 4.90 Å². The molecule has 0 aliphatic carbocycles. The standard InChI is InChI=1S/C11H24N2/c1-3-10(9-12)8-11-4-6-13(2)7-5-11/h10-11H,3-9,12H2,1-2H3. The molecule has 1 aliphatic rings. The molecule has 0 aromatic rings. The zero-order valence-corrected chi connectivity index (χ0v) is 9.13. The van der Waals surface area contributed by atoms with Crippen LogP contribution in [0.4, 0.5) is 0 Å². The van der Waals surface area contributed by atoms with E-state index in [4.69, 9.17) is 5.73 Å². The maximum atomic E-state index is 5.72. The Balaban J connectivity index is 2.21. The van der Waals surface area contributed by atoms with E-state index in [1.165, 1.54) is 38.8 Å². The van der Waals surface area contributed by atoms with Gasteiger partial charge in [0, 0.05) is 0 Å². The van der Waals surface area contributed by atoms with Gasteiger partial charge in [-0.15, -0.1) is 0 Å². The van der Waals surface area contributed by atoms with Crippen LogP contribution in [0, 0.1) is 11.8 Å². The Morgan fingerprint density at radius 2 is 2.00 bits per heavy atom. The Morgan fingerprint density at radius 3 is 2.46 bits per heavy atom. The fraction of sp³-hybridized carbons (Fsp3) is 1.00. The van der Waals surface area contributed by atoms with Crippen LogP contribution in [0.1, 0.15) is 32.6 Å². The van der Waals surface area contributed by atoms with E-state index >= 15 is 0 Å². The lowest BCUT2D eigenvalue weighted by molar-refractivity contribution is 0.195. The maximum Gasteiger partial charge on any atom is -0.00191 e. The van der Waals surface area contributed by atoms with Crippen molar-refractivity contribution < 1.29 is 0 Å². The fourth-order valence-corrected chi connectivity index (χ4v) is 2.20. The molecule has 0 aromatic carbocycles. The molecule has 1 unspecified atom stereocenters. The first kappa shape index (κ1) is 11.0. The monoisotopic (exact) mass is 184 g/mol. The molecule has 0 saturated carbocycles. The molecule has 78 valence electrons. The number of hydrogen-bond donors (Lipinski definition) is 1. The second-order valence-electron chi connectivity index (χ2n) is 4.49. The average Bonchev–Trinajstić information content (AvgIpc) is 2.17. The van der Waals surface area contributed by atoms with E-state index in [1.807, 2.05) is 0 Å². The van der Waals surface area contributed by atoms with Crippen molar-refractivity contribution in [2.45, 2.75) is 32.6 Å². The number of nitrogens with two attached hydrogens (primary N) is 1. The minimum atomic E-state index is 0.772. The summed E-state index contributed by atoms with van der Waals surface area (Å²) in [5.74, 6) is 1.72. The minimum absolute atomic E-state index is 0.772. The lowest BCUT2D eigenvalue weighted by Crippen LogP contribution is -2.31. The van der Waals surface area contributed by atoms with Crippen molar-refractivity contribution in [3.63, 3.8) is 0 Å². The highest BCUT2D eigenvalue weighted by atomic mass is 15.1. The average molecular weight is 184 g/mol. The van der Waals surface area contributed by atoms with Crippen LogP contribution in [-0.4, -0.2) is 31.6 Å². The molecule has 1 heterocycles. The Bertz CT molecular complexity index is 124. The third-order valence-electron chi connectivity index (χ3n) is 3.42. The highest BCUT2D eigenvalue weighted by Gasteiger charge is 2.19. The first-order valence-corrected chi connectivity index (χ1v) is 5.64. The summed E-state index contributed by atoms with van der Waals surface area (Å²) in [5.41, 5.74) is 5.72. The first-order chi connectivity index (χ1) is 6.26. The summed E-state index contributed by atoms with van der Waals surface area (Å²) in [7, 11) is 2.22. The van der Waals surface area contributed by atoms with Gasteiger partial charge < -0.3 is 10.6 Å². The van der Waals surface area contributed by atoms with Crippen molar-refractivity contribution in [1.29, 1.82) is 0 Å². The number of nitrogens with zero attached hydrogens (tertiary/aromatic N) is 1. The normalized spacial score (nSPS) is 23.3. The predicted octanol–water partition coefficient (Wildman–Crippen LogP) is 1.70. The highest BCUT2D eigenvalue weighted by molar-refractivity contribution is 4.73. The van der Waals surface area contributed by atoms with Crippen molar-refractivity contribution >= 4 is 0 Å². The fourth-order valence-electron chi connectivity index (χ4n) is 2.20. The van der Waals surface area contributed by atoms with Gasteiger partial charge in [-0.05, 0) is 57.8 Å². The molecule has 2 heteroatoms. The van der Waals surface area contributed by atoms with Gasteiger partial charge in [-0.2, -0.15) is 0 Å². The summed E-state index contributed by atoms with van der Waals surface area (Å²) in [6, 6.07) is 0.